The number of benzene rings is 1. The van der Waals surface area contributed by atoms with Gasteiger partial charge < -0.3 is 10.2 Å². The van der Waals surface area contributed by atoms with Crippen molar-refractivity contribution in [2.75, 3.05) is 0 Å². The third kappa shape index (κ3) is 8.80. The van der Waals surface area contributed by atoms with E-state index in [1.54, 1.807) is 12.1 Å². The maximum absolute atomic E-state index is 10.7. The third-order valence-corrected chi connectivity index (χ3v) is 2.08. The molecule has 0 saturated heterocycles. The number of phenols is 1. The number of imide groups is 1. The fourth-order valence-corrected chi connectivity index (χ4v) is 1.05. The first-order chi connectivity index (χ1) is 10.4. The first-order valence-electron chi connectivity index (χ1n) is 5.87. The Hall–Kier alpha value is -3.23. The lowest BCUT2D eigenvalue weighted by Gasteiger charge is -2.09. The van der Waals surface area contributed by atoms with Gasteiger partial charge in [-0.05, 0) is 24.3 Å². The molecule has 9 nitrogen and oxygen atoms in total. The van der Waals surface area contributed by atoms with E-state index in [9.17, 15) is 24.0 Å². The molecule has 0 aromatic heterocycles. The van der Waals surface area contributed by atoms with Crippen molar-refractivity contribution in [3.63, 3.8) is 0 Å². The zero-order valence-corrected chi connectivity index (χ0v) is 11.3. The maximum atomic E-state index is 10.7. The Bertz CT molecular complexity index is 520. The first kappa shape index (κ1) is 18.8. The Labute approximate surface area is 125 Å². The molecule has 0 bridgehead atoms. The van der Waals surface area contributed by atoms with Crippen LogP contribution in [0.4, 0.5) is 0 Å². The molecule has 0 heterocycles. The zero-order valence-electron chi connectivity index (χ0n) is 11.3. The molecule has 1 rings (SSSR count). The Kier molecular flexibility index (Phi) is 9.00. The summed E-state index contributed by atoms with van der Waals surface area (Å²) in [6, 6.07) is 6.07. The molecule has 1 aromatic carbocycles. The van der Waals surface area contributed by atoms with Gasteiger partial charge in [0.25, 0.3) is 0 Å². The number of hydrazine groups is 1. The van der Waals surface area contributed by atoms with Gasteiger partial charge in [0.15, 0.2) is 0 Å². The van der Waals surface area contributed by atoms with Crippen molar-refractivity contribution in [1.29, 1.82) is 0 Å². The summed E-state index contributed by atoms with van der Waals surface area (Å²) < 4.78 is 0. The number of rotatable bonds is 7. The lowest BCUT2D eigenvalue weighted by atomic mass is 10.2. The average Bonchev–Trinajstić information content (AvgIpc) is 2.52. The van der Waals surface area contributed by atoms with Crippen LogP contribution in [0.15, 0.2) is 24.3 Å². The van der Waals surface area contributed by atoms with E-state index >= 15 is 0 Å². The number of hydrogen-bond acceptors (Lipinski definition) is 6. The van der Waals surface area contributed by atoms with Crippen molar-refractivity contribution in [2.45, 2.75) is 12.8 Å². The van der Waals surface area contributed by atoms with Crippen molar-refractivity contribution in [1.82, 2.24) is 10.4 Å². The van der Waals surface area contributed by atoms with Gasteiger partial charge in [0.05, 0.1) is 6.42 Å². The van der Waals surface area contributed by atoms with Crippen molar-refractivity contribution >= 4 is 31.0 Å². The highest BCUT2D eigenvalue weighted by molar-refractivity contribution is 5.83. The highest BCUT2D eigenvalue weighted by Gasteiger charge is 2.07. The molecule has 0 aliphatic carbocycles. The number of aldehydes is 1. The lowest BCUT2D eigenvalue weighted by molar-refractivity contribution is -0.142. The number of nitrogens with zero attached hydrogens (tertiary/aromatic N) is 1. The maximum Gasteiger partial charge on any atom is 0.303 e. The van der Waals surface area contributed by atoms with Gasteiger partial charge in [-0.15, -0.1) is 0 Å². The number of hydrogen-bond donors (Lipinski definition) is 3. The largest absolute Gasteiger partial charge is 0.508 e. The number of carboxylic acid groups (broad SMARTS) is 1. The summed E-state index contributed by atoms with van der Waals surface area (Å²) >= 11 is 0. The lowest BCUT2D eigenvalue weighted by Crippen LogP contribution is -2.40. The van der Waals surface area contributed by atoms with Crippen molar-refractivity contribution < 1.29 is 34.2 Å². The van der Waals surface area contributed by atoms with E-state index in [0.29, 0.717) is 10.6 Å². The molecular formula is C13H14N2O7. The third-order valence-electron chi connectivity index (χ3n) is 2.08. The highest BCUT2D eigenvalue weighted by Crippen LogP contribution is 2.07. The van der Waals surface area contributed by atoms with Crippen LogP contribution >= 0.6 is 0 Å². The van der Waals surface area contributed by atoms with Gasteiger partial charge in [0, 0.05) is 12.0 Å². The van der Waals surface area contributed by atoms with E-state index in [2.05, 4.69) is 0 Å². The average molecular weight is 310 g/mol. The Morgan fingerprint density at radius 1 is 1.05 bits per heavy atom. The molecule has 0 aliphatic heterocycles. The normalized spacial score (nSPS) is 8.73. The SMILES string of the molecule is O=CN(C=O)NC(=O)CCC(=O)O.O=Cc1ccc(O)cc1. The van der Waals surface area contributed by atoms with Crippen molar-refractivity contribution in [2.24, 2.45) is 0 Å². The molecule has 22 heavy (non-hydrogen) atoms. The minimum absolute atomic E-state index is 0.103. The number of carbonyl (C=O) groups is 5. The fourth-order valence-electron chi connectivity index (χ4n) is 1.05. The van der Waals surface area contributed by atoms with E-state index < -0.39 is 11.9 Å². The molecule has 9 heteroatoms. The Morgan fingerprint density at radius 3 is 2.00 bits per heavy atom. The van der Waals surface area contributed by atoms with Crippen LogP contribution in [-0.2, 0) is 19.2 Å². The molecule has 0 radical (unpaired) electrons. The van der Waals surface area contributed by atoms with Crippen LogP contribution < -0.4 is 5.43 Å². The predicted octanol–water partition coefficient (Wildman–Crippen LogP) is -0.298. The highest BCUT2D eigenvalue weighted by atomic mass is 16.4. The molecule has 0 fully saturated rings. The summed E-state index contributed by atoms with van der Waals surface area (Å²) in [4.78, 5) is 50.7. The molecule has 0 unspecified atom stereocenters. The number of aliphatic carboxylic acids is 1. The number of phenolic OH excluding ortho intramolecular Hbond substituents is 1. The van der Waals surface area contributed by atoms with Gasteiger partial charge >= 0.3 is 5.97 Å². The second-order valence-electron chi connectivity index (χ2n) is 3.76. The minimum atomic E-state index is -1.13. The quantitative estimate of drug-likeness (QED) is 0.463. The van der Waals surface area contributed by atoms with Crippen LogP contribution in [0.1, 0.15) is 23.2 Å². The standard InChI is InChI=1S/C7H6O2.C6H8N2O5/c8-5-6-1-3-7(9)4-2-6;9-3-8(4-10)7-5(11)1-2-6(12)13/h1-5,9H;3-4H,1-2H2,(H,7,11)(H,12,13). The Morgan fingerprint density at radius 2 is 1.59 bits per heavy atom. The summed E-state index contributed by atoms with van der Waals surface area (Å²) in [6.45, 7) is 0. The second kappa shape index (κ2) is 10.5. The van der Waals surface area contributed by atoms with Crippen LogP contribution in [0.5, 0.6) is 5.75 Å². The van der Waals surface area contributed by atoms with Gasteiger partial charge in [-0.3, -0.25) is 29.4 Å². The van der Waals surface area contributed by atoms with E-state index in [-0.39, 0.29) is 31.4 Å². The summed E-state index contributed by atoms with van der Waals surface area (Å²) in [5.41, 5.74) is 2.44. The monoisotopic (exact) mass is 310 g/mol. The molecule has 0 atom stereocenters. The van der Waals surface area contributed by atoms with E-state index in [4.69, 9.17) is 10.2 Å². The fraction of sp³-hybridized carbons (Fsp3) is 0.154. The molecule has 0 spiro atoms. The van der Waals surface area contributed by atoms with E-state index in [1.165, 1.54) is 12.1 Å². The topological polar surface area (TPSA) is 141 Å². The minimum Gasteiger partial charge on any atom is -0.508 e. The predicted molar refractivity (Wildman–Crippen MR) is 72.5 cm³/mol. The summed E-state index contributed by atoms with van der Waals surface area (Å²) in [5, 5.41) is 17.3. The van der Waals surface area contributed by atoms with Gasteiger partial charge in [-0.25, -0.2) is 0 Å². The van der Waals surface area contributed by atoms with Gasteiger partial charge in [0.1, 0.15) is 12.0 Å². The number of carbonyl (C=O) groups excluding carboxylic acids is 4. The molecule has 3 N–H and O–H groups in total. The number of aromatic hydroxyl groups is 1. The molecular weight excluding hydrogens is 296 g/mol. The van der Waals surface area contributed by atoms with Gasteiger partial charge in [-0.1, -0.05) is 0 Å². The van der Waals surface area contributed by atoms with Crippen LogP contribution in [-0.4, -0.2) is 46.2 Å². The van der Waals surface area contributed by atoms with Crippen molar-refractivity contribution in [3.8, 4) is 5.75 Å². The summed E-state index contributed by atoms with van der Waals surface area (Å²) in [5.74, 6) is -1.65. The summed E-state index contributed by atoms with van der Waals surface area (Å²) in [7, 11) is 0. The van der Waals surface area contributed by atoms with E-state index in [1.807, 2.05) is 5.43 Å². The van der Waals surface area contributed by atoms with Crippen LogP contribution in [0.3, 0.4) is 0 Å². The summed E-state index contributed by atoms with van der Waals surface area (Å²) in [6.07, 6.45) is 0.307. The zero-order chi connectivity index (χ0) is 17.0. The van der Waals surface area contributed by atoms with Gasteiger partial charge in [-0.2, -0.15) is 5.01 Å². The van der Waals surface area contributed by atoms with Crippen LogP contribution in [0.25, 0.3) is 0 Å². The molecule has 118 valence electrons. The van der Waals surface area contributed by atoms with Crippen molar-refractivity contribution in [3.05, 3.63) is 29.8 Å². The number of carboxylic acids is 1. The van der Waals surface area contributed by atoms with Gasteiger partial charge in [0.2, 0.25) is 18.7 Å². The molecule has 3 amide bonds. The second-order valence-corrected chi connectivity index (χ2v) is 3.76. The first-order valence-corrected chi connectivity index (χ1v) is 5.87. The smallest absolute Gasteiger partial charge is 0.303 e. The van der Waals surface area contributed by atoms with Crippen LogP contribution in [0.2, 0.25) is 0 Å². The molecule has 0 saturated carbocycles. The molecule has 0 aliphatic rings. The Balaban J connectivity index is 0.000000425. The molecule has 1 aromatic rings. The number of amides is 3. The van der Waals surface area contributed by atoms with E-state index in [0.717, 1.165) is 6.29 Å². The van der Waals surface area contributed by atoms with Crippen LogP contribution in [0, 0.1) is 0 Å². The number of nitrogens with one attached hydrogen (secondary N) is 1.